The number of hydrogen-bond donors (Lipinski definition) is 1. The predicted octanol–water partition coefficient (Wildman–Crippen LogP) is 2.10. The van der Waals surface area contributed by atoms with E-state index in [0.717, 1.165) is 13.1 Å². The second-order valence-corrected chi connectivity index (χ2v) is 2.77. The monoisotopic (exact) mass is 149 g/mol. The average molecular weight is 149 g/mol. The van der Waals surface area contributed by atoms with Crippen molar-refractivity contribution >= 4 is 0 Å². The third kappa shape index (κ3) is 2.72. The zero-order chi connectivity index (χ0) is 8.10. The highest BCUT2D eigenvalue weighted by molar-refractivity contribution is 5.20. The van der Waals surface area contributed by atoms with Gasteiger partial charge < -0.3 is 5.32 Å². The molecule has 0 saturated carbocycles. The summed E-state index contributed by atoms with van der Waals surface area (Å²) in [5.41, 5.74) is 2.68. The van der Waals surface area contributed by atoms with Crippen LogP contribution in [0.5, 0.6) is 0 Å². The van der Waals surface area contributed by atoms with Gasteiger partial charge in [-0.1, -0.05) is 36.8 Å². The molecule has 0 bridgehead atoms. The topological polar surface area (TPSA) is 12.0 Å². The molecule has 0 spiro atoms. The molecule has 1 rings (SSSR count). The highest BCUT2D eigenvalue weighted by Gasteiger charge is 1.88. The van der Waals surface area contributed by atoms with Crippen LogP contribution in [-0.2, 0) is 6.54 Å². The van der Waals surface area contributed by atoms with Gasteiger partial charge in [0.2, 0.25) is 0 Å². The Kier molecular flexibility index (Phi) is 3.12. The first-order valence-electron chi connectivity index (χ1n) is 4.09. The van der Waals surface area contributed by atoms with Gasteiger partial charge in [-0.05, 0) is 19.0 Å². The summed E-state index contributed by atoms with van der Waals surface area (Å²) >= 11 is 0. The van der Waals surface area contributed by atoms with E-state index in [1.54, 1.807) is 0 Å². The number of rotatable bonds is 3. The first-order valence-corrected chi connectivity index (χ1v) is 4.09. The molecular formula is C10H15N. The average Bonchev–Trinajstić information content (AvgIpc) is 2.04. The minimum absolute atomic E-state index is 0.983. The highest BCUT2D eigenvalue weighted by Crippen LogP contribution is 2.01. The van der Waals surface area contributed by atoms with Gasteiger partial charge in [0.05, 0.1) is 0 Å². The fourth-order valence-electron chi connectivity index (χ4n) is 0.975. The smallest absolute Gasteiger partial charge is 0.0205 e. The summed E-state index contributed by atoms with van der Waals surface area (Å²) in [6.07, 6.45) is 0. The zero-order valence-electron chi connectivity index (χ0n) is 7.22. The number of hydrogen-bond acceptors (Lipinski definition) is 1. The molecule has 0 amide bonds. The van der Waals surface area contributed by atoms with Gasteiger partial charge in [0.15, 0.2) is 0 Å². The van der Waals surface area contributed by atoms with Crippen molar-refractivity contribution in [3.8, 4) is 0 Å². The van der Waals surface area contributed by atoms with E-state index >= 15 is 0 Å². The molecule has 0 radical (unpaired) electrons. The lowest BCUT2D eigenvalue weighted by atomic mass is 10.1. The molecule has 0 aromatic heterocycles. The summed E-state index contributed by atoms with van der Waals surface area (Å²) in [4.78, 5) is 0. The van der Waals surface area contributed by atoms with Crippen molar-refractivity contribution in [1.29, 1.82) is 0 Å². The SMILES string of the molecule is CCNCc1ccc(C)cc1. The van der Waals surface area contributed by atoms with E-state index in [-0.39, 0.29) is 0 Å². The van der Waals surface area contributed by atoms with Crippen LogP contribution in [0.1, 0.15) is 18.1 Å². The molecule has 0 heterocycles. The first kappa shape index (κ1) is 8.28. The lowest BCUT2D eigenvalue weighted by Gasteiger charge is -2.01. The minimum atomic E-state index is 0.983. The number of nitrogens with one attached hydrogen (secondary N) is 1. The van der Waals surface area contributed by atoms with E-state index in [0.29, 0.717) is 0 Å². The van der Waals surface area contributed by atoms with E-state index in [1.165, 1.54) is 11.1 Å². The quantitative estimate of drug-likeness (QED) is 0.694. The van der Waals surface area contributed by atoms with Crippen LogP contribution in [0.3, 0.4) is 0 Å². The van der Waals surface area contributed by atoms with Crippen molar-refractivity contribution < 1.29 is 0 Å². The van der Waals surface area contributed by atoms with E-state index in [4.69, 9.17) is 0 Å². The van der Waals surface area contributed by atoms with Gasteiger partial charge in [-0.3, -0.25) is 0 Å². The predicted molar refractivity (Wildman–Crippen MR) is 48.6 cm³/mol. The summed E-state index contributed by atoms with van der Waals surface area (Å²) in [6.45, 7) is 6.25. The normalized spacial score (nSPS) is 10.0. The first-order chi connectivity index (χ1) is 5.33. The largest absolute Gasteiger partial charge is 0.313 e. The van der Waals surface area contributed by atoms with Crippen molar-refractivity contribution in [1.82, 2.24) is 5.32 Å². The van der Waals surface area contributed by atoms with Gasteiger partial charge in [-0.15, -0.1) is 0 Å². The molecule has 11 heavy (non-hydrogen) atoms. The van der Waals surface area contributed by atoms with Crippen LogP contribution in [0.4, 0.5) is 0 Å². The molecule has 60 valence electrons. The second kappa shape index (κ2) is 4.14. The lowest BCUT2D eigenvalue weighted by molar-refractivity contribution is 0.727. The van der Waals surface area contributed by atoms with Crippen LogP contribution < -0.4 is 5.32 Å². The summed E-state index contributed by atoms with van der Waals surface area (Å²) < 4.78 is 0. The fourth-order valence-corrected chi connectivity index (χ4v) is 0.975. The maximum absolute atomic E-state index is 3.28. The fraction of sp³-hybridized carbons (Fsp3) is 0.400. The van der Waals surface area contributed by atoms with E-state index in [2.05, 4.69) is 43.4 Å². The summed E-state index contributed by atoms with van der Waals surface area (Å²) in [7, 11) is 0. The molecule has 0 aliphatic rings. The van der Waals surface area contributed by atoms with Crippen LogP contribution in [0.25, 0.3) is 0 Å². The van der Waals surface area contributed by atoms with E-state index in [1.807, 2.05) is 0 Å². The van der Waals surface area contributed by atoms with Crippen molar-refractivity contribution in [3.05, 3.63) is 35.4 Å². The maximum Gasteiger partial charge on any atom is 0.0205 e. The van der Waals surface area contributed by atoms with Crippen LogP contribution in [-0.4, -0.2) is 6.54 Å². The van der Waals surface area contributed by atoms with Crippen molar-refractivity contribution in [3.63, 3.8) is 0 Å². The molecule has 0 aliphatic carbocycles. The Hall–Kier alpha value is -0.820. The Morgan fingerprint density at radius 2 is 1.82 bits per heavy atom. The molecule has 0 fully saturated rings. The van der Waals surface area contributed by atoms with Crippen LogP contribution >= 0.6 is 0 Å². The zero-order valence-corrected chi connectivity index (χ0v) is 7.22. The molecule has 1 aromatic carbocycles. The standard InChI is InChI=1S/C10H15N/c1-3-11-8-10-6-4-9(2)5-7-10/h4-7,11H,3,8H2,1-2H3. The Bertz CT molecular complexity index is 201. The molecule has 0 saturated heterocycles. The van der Waals surface area contributed by atoms with Gasteiger partial charge in [0, 0.05) is 6.54 Å². The molecule has 0 atom stereocenters. The van der Waals surface area contributed by atoms with Crippen LogP contribution in [0, 0.1) is 6.92 Å². The molecule has 1 heteroatoms. The highest BCUT2D eigenvalue weighted by atomic mass is 14.8. The minimum Gasteiger partial charge on any atom is -0.313 e. The molecule has 0 unspecified atom stereocenters. The van der Waals surface area contributed by atoms with Gasteiger partial charge in [-0.25, -0.2) is 0 Å². The third-order valence-electron chi connectivity index (χ3n) is 1.70. The van der Waals surface area contributed by atoms with Crippen LogP contribution in [0.15, 0.2) is 24.3 Å². The lowest BCUT2D eigenvalue weighted by Crippen LogP contribution is -2.11. The summed E-state index contributed by atoms with van der Waals surface area (Å²) in [5.74, 6) is 0. The third-order valence-corrected chi connectivity index (χ3v) is 1.70. The van der Waals surface area contributed by atoms with E-state index < -0.39 is 0 Å². The molecule has 1 aromatic rings. The van der Waals surface area contributed by atoms with Gasteiger partial charge >= 0.3 is 0 Å². The molecule has 1 nitrogen and oxygen atoms in total. The van der Waals surface area contributed by atoms with Gasteiger partial charge in [-0.2, -0.15) is 0 Å². The number of aryl methyl sites for hydroxylation is 1. The second-order valence-electron chi connectivity index (χ2n) is 2.77. The van der Waals surface area contributed by atoms with Gasteiger partial charge in [0.25, 0.3) is 0 Å². The molecule has 1 N–H and O–H groups in total. The Morgan fingerprint density at radius 3 is 2.36 bits per heavy atom. The van der Waals surface area contributed by atoms with Gasteiger partial charge in [0.1, 0.15) is 0 Å². The summed E-state index contributed by atoms with van der Waals surface area (Å²) in [5, 5.41) is 3.28. The maximum atomic E-state index is 3.28. The molecule has 0 aliphatic heterocycles. The van der Waals surface area contributed by atoms with Crippen molar-refractivity contribution in [2.45, 2.75) is 20.4 Å². The van der Waals surface area contributed by atoms with Crippen molar-refractivity contribution in [2.24, 2.45) is 0 Å². The van der Waals surface area contributed by atoms with Crippen LogP contribution in [0.2, 0.25) is 0 Å². The van der Waals surface area contributed by atoms with Crippen molar-refractivity contribution in [2.75, 3.05) is 6.54 Å². The summed E-state index contributed by atoms with van der Waals surface area (Å²) in [6, 6.07) is 8.62. The van der Waals surface area contributed by atoms with E-state index in [9.17, 15) is 0 Å². The Morgan fingerprint density at radius 1 is 1.18 bits per heavy atom. The Balaban J connectivity index is 2.52. The number of benzene rings is 1. The molecular weight excluding hydrogens is 134 g/mol. The Labute approximate surface area is 68.4 Å².